The van der Waals surface area contributed by atoms with Crippen molar-refractivity contribution < 1.29 is 4.42 Å². The topological polar surface area (TPSA) is 25.2 Å². The Bertz CT molecular complexity index is 442. The number of likely N-dealkylation sites (N-methyl/N-ethyl adjacent to an activating group) is 1. The molecular formula is C12H13NO. The average Bonchev–Trinajstić information content (AvgIpc) is 2.65. The van der Waals surface area contributed by atoms with Crippen molar-refractivity contribution in [3.8, 4) is 0 Å². The van der Waals surface area contributed by atoms with Gasteiger partial charge in [0, 0.05) is 11.9 Å². The van der Waals surface area contributed by atoms with Crippen LogP contribution in [0.3, 0.4) is 0 Å². The highest BCUT2D eigenvalue weighted by atomic mass is 16.3. The molecule has 0 spiro atoms. The third-order valence-electron chi connectivity index (χ3n) is 2.11. The van der Waals surface area contributed by atoms with Gasteiger partial charge in [0.2, 0.25) is 0 Å². The molecule has 14 heavy (non-hydrogen) atoms. The molecule has 2 aromatic rings. The number of nitrogens with one attached hydrogen (secondary N) is 1. The lowest BCUT2D eigenvalue weighted by molar-refractivity contribution is 0.616. The van der Waals surface area contributed by atoms with Crippen LogP contribution in [0.2, 0.25) is 0 Å². The maximum Gasteiger partial charge on any atom is 0.133 e. The van der Waals surface area contributed by atoms with Gasteiger partial charge < -0.3 is 9.73 Å². The van der Waals surface area contributed by atoms with Crippen molar-refractivity contribution in [1.82, 2.24) is 5.32 Å². The first-order valence-corrected chi connectivity index (χ1v) is 4.68. The van der Waals surface area contributed by atoms with Crippen molar-refractivity contribution in [3.05, 3.63) is 42.2 Å². The molecule has 0 aliphatic heterocycles. The van der Waals surface area contributed by atoms with Crippen LogP contribution in [-0.4, -0.2) is 13.6 Å². The third kappa shape index (κ3) is 1.86. The zero-order valence-electron chi connectivity index (χ0n) is 8.16. The van der Waals surface area contributed by atoms with E-state index in [0.717, 1.165) is 17.5 Å². The molecule has 0 bridgehead atoms. The van der Waals surface area contributed by atoms with Crippen LogP contribution in [0.5, 0.6) is 0 Å². The fourth-order valence-electron chi connectivity index (χ4n) is 1.40. The van der Waals surface area contributed by atoms with Gasteiger partial charge in [-0.15, -0.1) is 0 Å². The van der Waals surface area contributed by atoms with E-state index in [0.29, 0.717) is 0 Å². The predicted molar refractivity (Wildman–Crippen MR) is 59.2 cm³/mol. The van der Waals surface area contributed by atoms with Gasteiger partial charge in [-0.2, -0.15) is 0 Å². The van der Waals surface area contributed by atoms with Crippen LogP contribution in [0.1, 0.15) is 5.56 Å². The number of hydrogen-bond donors (Lipinski definition) is 1. The van der Waals surface area contributed by atoms with Crippen molar-refractivity contribution in [2.45, 2.75) is 0 Å². The molecule has 0 saturated heterocycles. The molecule has 72 valence electrons. The molecule has 0 radical (unpaired) electrons. The van der Waals surface area contributed by atoms with Crippen molar-refractivity contribution in [2.24, 2.45) is 0 Å². The smallest absolute Gasteiger partial charge is 0.133 e. The Morgan fingerprint density at radius 3 is 3.14 bits per heavy atom. The Labute approximate surface area is 83.2 Å². The lowest BCUT2D eigenvalue weighted by Crippen LogP contribution is -2.03. The zero-order valence-corrected chi connectivity index (χ0v) is 8.16. The van der Waals surface area contributed by atoms with E-state index in [1.807, 2.05) is 19.2 Å². The Kier molecular flexibility index (Phi) is 2.65. The molecule has 1 N–H and O–H groups in total. The third-order valence-corrected chi connectivity index (χ3v) is 2.11. The summed E-state index contributed by atoms with van der Waals surface area (Å²) in [7, 11) is 1.93. The van der Waals surface area contributed by atoms with Crippen molar-refractivity contribution in [2.75, 3.05) is 13.6 Å². The maximum absolute atomic E-state index is 5.26. The van der Waals surface area contributed by atoms with E-state index in [-0.39, 0.29) is 0 Å². The fourth-order valence-corrected chi connectivity index (χ4v) is 1.40. The first-order valence-electron chi connectivity index (χ1n) is 4.68. The molecule has 2 nitrogen and oxygen atoms in total. The number of fused-ring (bicyclic) bond motifs is 1. The summed E-state index contributed by atoms with van der Waals surface area (Å²) in [6.45, 7) is 0.892. The standard InChI is InChI=1S/C12H13NO/c1-13-7-2-3-10-4-5-12-11(9-10)6-8-14-12/h2-6,8-9,13H,7H2,1H3. The fraction of sp³-hybridized carbons (Fsp3) is 0.167. The summed E-state index contributed by atoms with van der Waals surface area (Å²) in [5.74, 6) is 0. The van der Waals surface area contributed by atoms with Gasteiger partial charge in [0.25, 0.3) is 0 Å². The van der Waals surface area contributed by atoms with Crippen molar-refractivity contribution in [3.63, 3.8) is 0 Å². The summed E-state index contributed by atoms with van der Waals surface area (Å²) >= 11 is 0. The second-order valence-electron chi connectivity index (χ2n) is 3.18. The van der Waals surface area contributed by atoms with Gasteiger partial charge in [0.1, 0.15) is 5.58 Å². The number of hydrogen-bond acceptors (Lipinski definition) is 2. The molecule has 2 rings (SSSR count). The Morgan fingerprint density at radius 2 is 2.29 bits per heavy atom. The molecule has 0 fully saturated rings. The minimum absolute atomic E-state index is 0.892. The van der Waals surface area contributed by atoms with Gasteiger partial charge in [0.15, 0.2) is 0 Å². The Hall–Kier alpha value is -1.54. The van der Waals surface area contributed by atoms with E-state index in [4.69, 9.17) is 4.42 Å². The molecule has 0 aliphatic rings. The highest BCUT2D eigenvalue weighted by Gasteiger charge is 1.95. The lowest BCUT2D eigenvalue weighted by Gasteiger charge is -1.93. The number of benzene rings is 1. The van der Waals surface area contributed by atoms with Crippen LogP contribution < -0.4 is 5.32 Å². The van der Waals surface area contributed by atoms with Crippen molar-refractivity contribution >= 4 is 17.0 Å². The van der Waals surface area contributed by atoms with E-state index in [1.54, 1.807) is 6.26 Å². The monoisotopic (exact) mass is 187 g/mol. The molecule has 2 heteroatoms. The summed E-state index contributed by atoms with van der Waals surface area (Å²) < 4.78 is 5.26. The summed E-state index contributed by atoms with van der Waals surface area (Å²) in [5.41, 5.74) is 2.14. The molecule has 1 heterocycles. The van der Waals surface area contributed by atoms with Gasteiger partial charge in [-0.3, -0.25) is 0 Å². The quantitative estimate of drug-likeness (QED) is 0.799. The lowest BCUT2D eigenvalue weighted by atomic mass is 10.1. The molecule has 0 aliphatic carbocycles. The van der Waals surface area contributed by atoms with Crippen LogP contribution >= 0.6 is 0 Å². The number of furan rings is 1. The van der Waals surface area contributed by atoms with E-state index in [9.17, 15) is 0 Å². The van der Waals surface area contributed by atoms with E-state index in [1.165, 1.54) is 5.56 Å². The molecule has 0 unspecified atom stereocenters. The SMILES string of the molecule is CNCC=Cc1ccc2occc2c1. The van der Waals surface area contributed by atoms with Gasteiger partial charge in [-0.1, -0.05) is 18.2 Å². The van der Waals surface area contributed by atoms with E-state index < -0.39 is 0 Å². The highest BCUT2D eigenvalue weighted by Crippen LogP contribution is 2.17. The second kappa shape index (κ2) is 4.11. The normalized spacial score (nSPS) is 11.5. The largest absolute Gasteiger partial charge is 0.464 e. The Balaban J connectivity index is 2.25. The predicted octanol–water partition coefficient (Wildman–Crippen LogP) is 2.67. The van der Waals surface area contributed by atoms with E-state index in [2.05, 4.69) is 29.6 Å². The summed E-state index contributed by atoms with van der Waals surface area (Å²) in [4.78, 5) is 0. The van der Waals surface area contributed by atoms with Crippen LogP contribution in [0, 0.1) is 0 Å². The molecule has 0 amide bonds. The Morgan fingerprint density at radius 1 is 1.36 bits per heavy atom. The minimum atomic E-state index is 0.892. The summed E-state index contributed by atoms with van der Waals surface area (Å²) in [6.07, 6.45) is 5.91. The van der Waals surface area contributed by atoms with Gasteiger partial charge in [0.05, 0.1) is 6.26 Å². The van der Waals surface area contributed by atoms with Crippen LogP contribution in [-0.2, 0) is 0 Å². The molecule has 0 saturated carbocycles. The maximum atomic E-state index is 5.26. The first kappa shape index (κ1) is 9.03. The van der Waals surface area contributed by atoms with Gasteiger partial charge >= 0.3 is 0 Å². The minimum Gasteiger partial charge on any atom is -0.464 e. The van der Waals surface area contributed by atoms with Gasteiger partial charge in [-0.05, 0) is 30.8 Å². The summed E-state index contributed by atoms with van der Waals surface area (Å²) in [6, 6.07) is 8.14. The van der Waals surface area contributed by atoms with Crippen LogP contribution in [0.4, 0.5) is 0 Å². The molecule has 0 atom stereocenters. The highest BCUT2D eigenvalue weighted by molar-refractivity contribution is 5.79. The molecule has 1 aromatic heterocycles. The van der Waals surface area contributed by atoms with E-state index >= 15 is 0 Å². The second-order valence-corrected chi connectivity index (χ2v) is 3.18. The average molecular weight is 187 g/mol. The van der Waals surface area contributed by atoms with Crippen molar-refractivity contribution in [1.29, 1.82) is 0 Å². The summed E-state index contributed by atoms with van der Waals surface area (Å²) in [5, 5.41) is 4.21. The van der Waals surface area contributed by atoms with Crippen LogP contribution in [0.15, 0.2) is 41.0 Å². The first-order chi connectivity index (χ1) is 6.90. The van der Waals surface area contributed by atoms with Crippen LogP contribution in [0.25, 0.3) is 17.0 Å². The zero-order chi connectivity index (χ0) is 9.80. The molecular weight excluding hydrogens is 174 g/mol. The van der Waals surface area contributed by atoms with Gasteiger partial charge in [-0.25, -0.2) is 0 Å². The number of rotatable bonds is 3. The molecule has 1 aromatic carbocycles.